The number of halogens is 1. The lowest BCUT2D eigenvalue weighted by atomic mass is 10.3. The van der Waals surface area contributed by atoms with Gasteiger partial charge in [-0.2, -0.15) is 0 Å². The minimum atomic E-state index is -0.400. The standard InChI is InChI=1S/C7H4ClNS2/c8-11-6-4-2-1-3-5(6)9-7(11)10/h1-4H/p+1. The second-order valence-corrected chi connectivity index (χ2v) is 5.12. The first-order valence-corrected chi connectivity index (χ1v) is 5.55. The maximum Gasteiger partial charge on any atom is 0.373 e. The summed E-state index contributed by atoms with van der Waals surface area (Å²) in [5.74, 6) is 0. The van der Waals surface area contributed by atoms with Crippen LogP contribution in [0.5, 0.6) is 0 Å². The fourth-order valence-corrected chi connectivity index (χ4v) is 2.79. The number of fused-ring (bicyclic) bond motifs is 1. The molecule has 1 aromatic carbocycles. The molecule has 0 fully saturated rings. The predicted octanol–water partition coefficient (Wildman–Crippen LogP) is 3.65. The quantitative estimate of drug-likeness (QED) is 0.510. The normalized spacial score (nSPS) is 12.3. The zero-order chi connectivity index (χ0) is 7.84. The number of rotatable bonds is 0. The van der Waals surface area contributed by atoms with Crippen molar-refractivity contribution in [2.75, 3.05) is 0 Å². The van der Waals surface area contributed by atoms with E-state index in [9.17, 15) is 0 Å². The first-order valence-electron chi connectivity index (χ1n) is 3.09. The van der Waals surface area contributed by atoms with Crippen molar-refractivity contribution in [1.82, 2.24) is 4.98 Å². The number of aromatic nitrogens is 1. The molecule has 56 valence electrons. The molecule has 1 heterocycles. The van der Waals surface area contributed by atoms with Gasteiger partial charge in [-0.1, -0.05) is 12.1 Å². The largest absolute Gasteiger partial charge is 0.373 e. The smallest absolute Gasteiger partial charge is 0.296 e. The van der Waals surface area contributed by atoms with Gasteiger partial charge in [-0.05, 0) is 12.1 Å². The Bertz CT molecular complexity index is 443. The number of H-pyrrole nitrogens is 1. The Kier molecular flexibility index (Phi) is 1.71. The summed E-state index contributed by atoms with van der Waals surface area (Å²) in [6, 6.07) is 7.92. The van der Waals surface area contributed by atoms with Crippen LogP contribution in [0.4, 0.5) is 0 Å². The van der Waals surface area contributed by atoms with Gasteiger partial charge >= 0.3 is 3.95 Å². The fourth-order valence-electron chi connectivity index (χ4n) is 0.981. The maximum absolute atomic E-state index is 6.02. The SMILES string of the molecule is S=c1[nH]c2ccccc2[s+]1Cl. The van der Waals surface area contributed by atoms with Gasteiger partial charge < -0.3 is 0 Å². The van der Waals surface area contributed by atoms with E-state index in [1.165, 1.54) is 0 Å². The summed E-state index contributed by atoms with van der Waals surface area (Å²) >= 11 is 5.02. The molecule has 0 radical (unpaired) electrons. The zero-order valence-corrected chi connectivity index (χ0v) is 7.89. The van der Waals surface area contributed by atoms with Crippen LogP contribution in [0.3, 0.4) is 0 Å². The molecule has 11 heavy (non-hydrogen) atoms. The molecular weight excluding hydrogens is 198 g/mol. The molecule has 0 bridgehead atoms. The summed E-state index contributed by atoms with van der Waals surface area (Å²) in [6.45, 7) is 0. The van der Waals surface area contributed by atoms with Crippen LogP contribution >= 0.6 is 32.6 Å². The third-order valence-corrected chi connectivity index (χ3v) is 4.49. The number of aromatic amines is 1. The number of hydrogen-bond donors (Lipinski definition) is 1. The molecule has 1 unspecified atom stereocenters. The summed E-state index contributed by atoms with van der Waals surface area (Å²) in [5.41, 5.74) is 1.05. The van der Waals surface area contributed by atoms with Gasteiger partial charge in [0.05, 0.1) is 25.9 Å². The molecule has 0 aliphatic rings. The molecule has 2 aromatic rings. The third-order valence-electron chi connectivity index (χ3n) is 1.48. The third kappa shape index (κ3) is 1.09. The van der Waals surface area contributed by atoms with Crippen molar-refractivity contribution in [2.24, 2.45) is 0 Å². The van der Waals surface area contributed by atoms with Crippen LogP contribution in [-0.2, 0) is 0 Å². The van der Waals surface area contributed by atoms with E-state index in [0.29, 0.717) is 0 Å². The number of hydrogen-bond acceptors (Lipinski definition) is 1. The number of nitrogens with one attached hydrogen (secondary N) is 1. The number of thiazole rings is 1. The molecule has 0 saturated heterocycles. The second-order valence-electron chi connectivity index (χ2n) is 2.16. The van der Waals surface area contributed by atoms with Crippen molar-refractivity contribution in [1.29, 1.82) is 0 Å². The van der Waals surface area contributed by atoms with Crippen LogP contribution in [0.2, 0.25) is 0 Å². The van der Waals surface area contributed by atoms with E-state index in [0.717, 1.165) is 14.2 Å². The molecule has 1 atom stereocenters. The van der Waals surface area contributed by atoms with Gasteiger partial charge in [0, 0.05) is 0 Å². The molecule has 1 N–H and O–H groups in total. The Labute approximate surface area is 76.1 Å². The van der Waals surface area contributed by atoms with E-state index in [4.69, 9.17) is 22.9 Å². The summed E-state index contributed by atoms with van der Waals surface area (Å²) < 4.78 is 1.84. The molecule has 1 aromatic heterocycles. The highest BCUT2D eigenvalue weighted by Crippen LogP contribution is 2.33. The van der Waals surface area contributed by atoms with E-state index < -0.39 is 9.68 Å². The molecule has 1 nitrogen and oxygen atoms in total. The Morgan fingerprint density at radius 3 is 2.82 bits per heavy atom. The second kappa shape index (κ2) is 2.59. The molecule has 0 saturated carbocycles. The highest BCUT2D eigenvalue weighted by molar-refractivity contribution is 7.79. The fraction of sp³-hybridized carbons (Fsp3) is 0. The van der Waals surface area contributed by atoms with Crippen molar-refractivity contribution in [3.8, 4) is 0 Å². The zero-order valence-electron chi connectivity index (χ0n) is 5.50. The van der Waals surface area contributed by atoms with E-state index in [-0.39, 0.29) is 0 Å². The van der Waals surface area contributed by atoms with Gasteiger partial charge in [-0.3, -0.25) is 4.98 Å². The lowest BCUT2D eigenvalue weighted by Crippen LogP contribution is -1.62. The van der Waals surface area contributed by atoms with Gasteiger partial charge in [-0.15, -0.1) is 0 Å². The Morgan fingerprint density at radius 2 is 2.09 bits per heavy atom. The van der Waals surface area contributed by atoms with E-state index in [1.54, 1.807) is 0 Å². The molecule has 0 aliphatic carbocycles. The summed E-state index contributed by atoms with van der Waals surface area (Å²) in [5, 5.41) is 0. The van der Waals surface area contributed by atoms with E-state index in [1.807, 2.05) is 24.3 Å². The van der Waals surface area contributed by atoms with Crippen molar-refractivity contribution >= 4 is 42.8 Å². The molecule has 2 rings (SSSR count). The van der Waals surface area contributed by atoms with E-state index in [2.05, 4.69) is 4.98 Å². The van der Waals surface area contributed by atoms with Crippen LogP contribution in [0, 0.1) is 3.95 Å². The Morgan fingerprint density at radius 1 is 1.36 bits per heavy atom. The minimum Gasteiger partial charge on any atom is -0.296 e. The van der Waals surface area contributed by atoms with Crippen LogP contribution in [0.1, 0.15) is 0 Å². The van der Waals surface area contributed by atoms with Gasteiger partial charge in [0.1, 0.15) is 4.70 Å². The van der Waals surface area contributed by atoms with Crippen LogP contribution in [0.15, 0.2) is 24.3 Å². The monoisotopic (exact) mass is 202 g/mol. The summed E-state index contributed by atoms with van der Waals surface area (Å²) in [7, 11) is 5.62. The molecule has 0 spiro atoms. The van der Waals surface area contributed by atoms with Crippen molar-refractivity contribution in [3.05, 3.63) is 28.2 Å². The Balaban J connectivity index is 3.04. The van der Waals surface area contributed by atoms with Gasteiger partial charge in [0.15, 0.2) is 0 Å². The predicted molar refractivity (Wildman–Crippen MR) is 52.9 cm³/mol. The molecule has 4 heteroatoms. The Hall–Kier alpha value is -0.380. The van der Waals surface area contributed by atoms with Crippen molar-refractivity contribution in [3.63, 3.8) is 0 Å². The summed E-state index contributed by atoms with van der Waals surface area (Å²) in [4.78, 5) is 3.06. The van der Waals surface area contributed by atoms with Crippen molar-refractivity contribution in [2.45, 2.75) is 0 Å². The van der Waals surface area contributed by atoms with Crippen molar-refractivity contribution < 1.29 is 0 Å². The molecule has 0 amide bonds. The van der Waals surface area contributed by atoms with E-state index >= 15 is 0 Å². The average molecular weight is 203 g/mol. The van der Waals surface area contributed by atoms with Crippen LogP contribution in [-0.4, -0.2) is 4.98 Å². The van der Waals surface area contributed by atoms with Gasteiger partial charge in [0.25, 0.3) is 12.2 Å². The highest BCUT2D eigenvalue weighted by atomic mass is 35.7. The molecule has 0 aliphatic heterocycles. The van der Waals surface area contributed by atoms with Gasteiger partial charge in [0.2, 0.25) is 0 Å². The lowest BCUT2D eigenvalue weighted by Gasteiger charge is -1.80. The van der Waals surface area contributed by atoms with Gasteiger partial charge in [-0.25, -0.2) is 0 Å². The van der Waals surface area contributed by atoms with Crippen LogP contribution < -0.4 is 0 Å². The number of benzene rings is 1. The highest BCUT2D eigenvalue weighted by Gasteiger charge is 2.09. The maximum atomic E-state index is 6.02. The first-order chi connectivity index (χ1) is 5.29. The lowest BCUT2D eigenvalue weighted by molar-refractivity contribution is 1.47. The number of para-hydroxylation sites is 1. The summed E-state index contributed by atoms with van der Waals surface area (Å²) in [6.07, 6.45) is 0. The minimum absolute atomic E-state index is 0.400. The van der Waals surface area contributed by atoms with Crippen LogP contribution in [0.25, 0.3) is 10.2 Å². The average Bonchev–Trinajstić information content (AvgIpc) is 2.30. The molecular formula is C7H5ClNS2+. The topological polar surface area (TPSA) is 15.8 Å². The first kappa shape index (κ1) is 7.28.